The number of amides is 1. The predicted octanol–water partition coefficient (Wildman–Crippen LogP) is 1.69. The molecular weight excluding hydrogens is 228 g/mol. The molecule has 0 aliphatic heterocycles. The van der Waals surface area contributed by atoms with Crippen molar-refractivity contribution in [3.05, 3.63) is 47.0 Å². The summed E-state index contributed by atoms with van der Waals surface area (Å²) in [5, 5.41) is 6.51. The molecular formula is C13H16N4O. The van der Waals surface area contributed by atoms with Crippen molar-refractivity contribution in [3.63, 3.8) is 0 Å². The van der Waals surface area contributed by atoms with Gasteiger partial charge in [-0.3, -0.25) is 9.89 Å². The van der Waals surface area contributed by atoms with E-state index in [1.807, 2.05) is 32.0 Å². The lowest BCUT2D eigenvalue weighted by Crippen LogP contribution is -2.27. The van der Waals surface area contributed by atoms with Crippen LogP contribution in [-0.4, -0.2) is 33.0 Å². The lowest BCUT2D eigenvalue weighted by atomic mass is 10.0. The van der Waals surface area contributed by atoms with Crippen LogP contribution in [0.1, 0.15) is 27.3 Å². The van der Waals surface area contributed by atoms with Gasteiger partial charge in [0.2, 0.25) is 0 Å². The molecule has 0 aliphatic rings. The van der Waals surface area contributed by atoms with Gasteiger partial charge < -0.3 is 4.90 Å². The summed E-state index contributed by atoms with van der Waals surface area (Å²) in [6.07, 6.45) is 1.44. The number of carbonyl (C=O) groups excluding carboxylic acids is 1. The van der Waals surface area contributed by atoms with Gasteiger partial charge in [0.1, 0.15) is 12.2 Å². The van der Waals surface area contributed by atoms with Crippen LogP contribution in [-0.2, 0) is 6.54 Å². The van der Waals surface area contributed by atoms with Crippen LogP contribution in [0.5, 0.6) is 0 Å². The first-order valence-corrected chi connectivity index (χ1v) is 5.75. The smallest absolute Gasteiger partial charge is 0.254 e. The van der Waals surface area contributed by atoms with Crippen LogP contribution in [0.4, 0.5) is 0 Å². The number of hydrogen-bond acceptors (Lipinski definition) is 3. The molecule has 2 rings (SSSR count). The zero-order valence-electron chi connectivity index (χ0n) is 10.8. The minimum Gasteiger partial charge on any atom is -0.334 e. The molecule has 1 aromatic carbocycles. The fourth-order valence-corrected chi connectivity index (χ4v) is 1.86. The van der Waals surface area contributed by atoms with Crippen molar-refractivity contribution in [1.29, 1.82) is 0 Å². The van der Waals surface area contributed by atoms with Gasteiger partial charge in [0.25, 0.3) is 5.91 Å². The number of carbonyl (C=O) groups is 1. The van der Waals surface area contributed by atoms with E-state index < -0.39 is 0 Å². The van der Waals surface area contributed by atoms with Gasteiger partial charge in [-0.15, -0.1) is 0 Å². The maximum Gasteiger partial charge on any atom is 0.254 e. The standard InChI is InChI=1S/C13H16N4O/c1-9-4-5-11(10(2)6-9)13(18)17(3)7-12-14-8-15-16-12/h4-6,8H,7H2,1-3H3,(H,14,15,16). The quantitative estimate of drug-likeness (QED) is 0.893. The van der Waals surface area contributed by atoms with Gasteiger partial charge in [-0.2, -0.15) is 5.10 Å². The third-order valence-electron chi connectivity index (χ3n) is 2.81. The van der Waals surface area contributed by atoms with Crippen LogP contribution < -0.4 is 0 Å². The Morgan fingerprint density at radius 2 is 2.17 bits per heavy atom. The number of aromatic nitrogens is 3. The molecule has 2 aromatic rings. The average Bonchev–Trinajstić information content (AvgIpc) is 2.81. The number of hydrogen-bond donors (Lipinski definition) is 1. The van der Waals surface area contributed by atoms with Gasteiger partial charge in [0, 0.05) is 12.6 Å². The Morgan fingerprint density at radius 1 is 1.39 bits per heavy atom. The molecule has 0 unspecified atom stereocenters. The number of rotatable bonds is 3. The molecule has 1 amide bonds. The Morgan fingerprint density at radius 3 is 2.78 bits per heavy atom. The minimum atomic E-state index is -0.0103. The lowest BCUT2D eigenvalue weighted by Gasteiger charge is -2.17. The lowest BCUT2D eigenvalue weighted by molar-refractivity contribution is 0.0781. The van der Waals surface area contributed by atoms with E-state index in [1.165, 1.54) is 6.33 Å². The molecule has 0 atom stereocenters. The van der Waals surface area contributed by atoms with Gasteiger partial charge in [-0.1, -0.05) is 17.7 Å². The maximum atomic E-state index is 12.3. The van der Waals surface area contributed by atoms with Crippen molar-refractivity contribution in [1.82, 2.24) is 20.1 Å². The van der Waals surface area contributed by atoms with Crippen molar-refractivity contribution >= 4 is 5.91 Å². The Balaban J connectivity index is 2.15. The first kappa shape index (κ1) is 12.3. The topological polar surface area (TPSA) is 61.9 Å². The van der Waals surface area contributed by atoms with Crippen LogP contribution in [0.25, 0.3) is 0 Å². The highest BCUT2D eigenvalue weighted by molar-refractivity contribution is 5.95. The highest BCUT2D eigenvalue weighted by Gasteiger charge is 2.15. The fraction of sp³-hybridized carbons (Fsp3) is 0.308. The van der Waals surface area contributed by atoms with Gasteiger partial charge in [-0.25, -0.2) is 4.98 Å². The summed E-state index contributed by atoms with van der Waals surface area (Å²) in [4.78, 5) is 17.9. The first-order chi connectivity index (χ1) is 8.58. The molecule has 0 radical (unpaired) electrons. The molecule has 94 valence electrons. The molecule has 0 aliphatic carbocycles. The summed E-state index contributed by atoms with van der Waals surface area (Å²) < 4.78 is 0. The number of aromatic amines is 1. The molecule has 0 fully saturated rings. The largest absolute Gasteiger partial charge is 0.334 e. The molecule has 5 nitrogen and oxygen atoms in total. The molecule has 0 saturated carbocycles. The van der Waals surface area contributed by atoms with Crippen molar-refractivity contribution in [3.8, 4) is 0 Å². The molecule has 18 heavy (non-hydrogen) atoms. The summed E-state index contributed by atoms with van der Waals surface area (Å²) in [5.41, 5.74) is 2.87. The van der Waals surface area contributed by atoms with Crippen LogP contribution >= 0.6 is 0 Å². The summed E-state index contributed by atoms with van der Waals surface area (Å²) in [6.45, 7) is 4.38. The second kappa shape index (κ2) is 5.00. The van der Waals surface area contributed by atoms with Gasteiger partial charge in [-0.05, 0) is 25.5 Å². The van der Waals surface area contributed by atoms with Crippen molar-refractivity contribution in [2.75, 3.05) is 7.05 Å². The van der Waals surface area contributed by atoms with E-state index >= 15 is 0 Å². The summed E-state index contributed by atoms with van der Waals surface area (Å²) in [6, 6.07) is 5.82. The van der Waals surface area contributed by atoms with Crippen LogP contribution in [0, 0.1) is 13.8 Å². The molecule has 0 bridgehead atoms. The maximum absolute atomic E-state index is 12.3. The number of aryl methyl sites for hydroxylation is 2. The zero-order chi connectivity index (χ0) is 13.1. The van der Waals surface area contributed by atoms with Crippen molar-refractivity contribution < 1.29 is 4.79 Å². The molecule has 1 N–H and O–H groups in total. The van der Waals surface area contributed by atoms with Crippen LogP contribution in [0.15, 0.2) is 24.5 Å². The Hall–Kier alpha value is -2.17. The van der Waals surface area contributed by atoms with Crippen LogP contribution in [0.2, 0.25) is 0 Å². The van der Waals surface area contributed by atoms with Gasteiger partial charge in [0.15, 0.2) is 0 Å². The normalized spacial score (nSPS) is 10.4. The predicted molar refractivity (Wildman–Crippen MR) is 68.1 cm³/mol. The SMILES string of the molecule is Cc1ccc(C(=O)N(C)Cc2ncn[nH]2)c(C)c1. The number of H-pyrrole nitrogens is 1. The second-order valence-corrected chi connectivity index (χ2v) is 4.41. The first-order valence-electron chi connectivity index (χ1n) is 5.75. The molecule has 1 heterocycles. The van der Waals surface area contributed by atoms with E-state index in [1.54, 1.807) is 11.9 Å². The Bertz CT molecular complexity index is 548. The summed E-state index contributed by atoms with van der Waals surface area (Å²) in [7, 11) is 1.75. The fourth-order valence-electron chi connectivity index (χ4n) is 1.86. The highest BCUT2D eigenvalue weighted by atomic mass is 16.2. The minimum absolute atomic E-state index is 0.0103. The Kier molecular flexibility index (Phi) is 3.41. The zero-order valence-corrected chi connectivity index (χ0v) is 10.8. The van der Waals surface area contributed by atoms with Crippen molar-refractivity contribution in [2.45, 2.75) is 20.4 Å². The van der Waals surface area contributed by atoms with Gasteiger partial charge in [0.05, 0.1) is 6.54 Å². The van der Waals surface area contributed by atoms with E-state index in [0.29, 0.717) is 12.4 Å². The monoisotopic (exact) mass is 244 g/mol. The third-order valence-corrected chi connectivity index (χ3v) is 2.81. The Labute approximate surface area is 106 Å². The molecule has 5 heteroatoms. The van der Waals surface area contributed by atoms with Gasteiger partial charge >= 0.3 is 0 Å². The van der Waals surface area contributed by atoms with E-state index in [4.69, 9.17) is 0 Å². The van der Waals surface area contributed by atoms with E-state index in [9.17, 15) is 4.79 Å². The number of benzene rings is 1. The molecule has 0 spiro atoms. The highest BCUT2D eigenvalue weighted by Crippen LogP contribution is 2.13. The van der Waals surface area contributed by atoms with Crippen molar-refractivity contribution in [2.24, 2.45) is 0 Å². The number of nitrogens with one attached hydrogen (secondary N) is 1. The summed E-state index contributed by atoms with van der Waals surface area (Å²) in [5.74, 6) is 0.666. The number of nitrogens with zero attached hydrogens (tertiary/aromatic N) is 3. The van der Waals surface area contributed by atoms with E-state index in [-0.39, 0.29) is 5.91 Å². The third kappa shape index (κ3) is 2.56. The van der Waals surface area contributed by atoms with E-state index in [0.717, 1.165) is 16.7 Å². The average molecular weight is 244 g/mol. The summed E-state index contributed by atoms with van der Waals surface area (Å²) >= 11 is 0. The second-order valence-electron chi connectivity index (χ2n) is 4.41. The van der Waals surface area contributed by atoms with E-state index in [2.05, 4.69) is 15.2 Å². The molecule has 0 saturated heterocycles. The van der Waals surface area contributed by atoms with Crippen LogP contribution in [0.3, 0.4) is 0 Å². The molecule has 1 aromatic heterocycles.